The van der Waals surface area contributed by atoms with Crippen molar-refractivity contribution in [1.82, 2.24) is 0 Å². The molecule has 4 heteroatoms. The quantitative estimate of drug-likeness (QED) is 0.692. The van der Waals surface area contributed by atoms with Gasteiger partial charge in [0.25, 0.3) is 0 Å². The Kier molecular flexibility index (Phi) is 3.95. The minimum Gasteiger partial charge on any atom is -0.480 e. The summed E-state index contributed by atoms with van der Waals surface area (Å²) in [7, 11) is 0. The number of carbonyl (C=O) groups is 1. The molecule has 1 aromatic rings. The maximum Gasteiger partial charge on any atom is 0.316 e. The van der Waals surface area contributed by atoms with E-state index in [0.717, 1.165) is 0 Å². The van der Waals surface area contributed by atoms with Crippen molar-refractivity contribution in [2.24, 2.45) is 0 Å². The number of alkyl halides is 1. The van der Waals surface area contributed by atoms with Gasteiger partial charge in [0, 0.05) is 0 Å². The van der Waals surface area contributed by atoms with E-state index in [1.54, 1.807) is 6.92 Å². The van der Waals surface area contributed by atoms with Crippen LogP contribution in [0.3, 0.4) is 0 Å². The molecule has 0 fully saturated rings. The van der Waals surface area contributed by atoms with Gasteiger partial charge < -0.3 is 5.11 Å². The maximum atomic E-state index is 9.65. The first kappa shape index (κ1) is 9.36. The first-order valence-electron chi connectivity index (χ1n) is 2.63. The molecule has 0 aliphatic heterocycles. The van der Waals surface area contributed by atoms with Crippen LogP contribution in [0.15, 0.2) is 16.9 Å². The van der Waals surface area contributed by atoms with E-state index in [1.165, 1.54) is 12.1 Å². The fourth-order valence-electron chi connectivity index (χ4n) is 0.0340. The number of halogens is 1. The van der Waals surface area contributed by atoms with Crippen molar-refractivity contribution in [3.05, 3.63) is 22.4 Å². The summed E-state index contributed by atoms with van der Waals surface area (Å²) < 4.78 is 0. The van der Waals surface area contributed by atoms with E-state index in [4.69, 9.17) is 5.11 Å². The normalized spacial score (nSPS) is 11.8. The molecule has 0 aliphatic rings. The summed E-state index contributed by atoms with van der Waals surface area (Å²) in [5, 5.41) is 7.94. The Labute approximate surface area is 66.5 Å². The molecule has 0 radical (unpaired) electrons. The van der Waals surface area contributed by atoms with E-state index in [1.807, 2.05) is 0 Å². The third-order valence-electron chi connectivity index (χ3n) is 0.643. The standard InChI is InChI=1S/C3H5BrO2.C3H2O/c1-2(4)3(5)6;4-3-1-2-3/h2H,1H3,(H,5,6);1-2H. The Morgan fingerprint density at radius 1 is 1.70 bits per heavy atom. The van der Waals surface area contributed by atoms with Gasteiger partial charge in [-0.25, -0.2) is 0 Å². The number of carboxylic acids is 1. The minimum absolute atomic E-state index is 0.167. The zero-order valence-electron chi connectivity index (χ0n) is 5.37. The molecule has 0 saturated carbocycles. The van der Waals surface area contributed by atoms with Crippen LogP contribution in [0, 0.1) is 0 Å². The summed E-state index contributed by atoms with van der Waals surface area (Å²) in [6, 6.07) is 3.06. The van der Waals surface area contributed by atoms with Crippen LogP contribution in [0.1, 0.15) is 6.92 Å². The predicted octanol–water partition coefficient (Wildman–Crippen LogP) is 0.777. The Hall–Kier alpha value is -0.640. The molecule has 1 N–H and O–H groups in total. The van der Waals surface area contributed by atoms with Gasteiger partial charge in [0.2, 0.25) is 0 Å². The summed E-state index contributed by atoms with van der Waals surface area (Å²) in [6.07, 6.45) is 0. The van der Waals surface area contributed by atoms with Gasteiger partial charge in [-0.1, -0.05) is 15.9 Å². The maximum absolute atomic E-state index is 9.65. The fourth-order valence-corrected chi connectivity index (χ4v) is 0.0340. The highest BCUT2D eigenvalue weighted by Gasteiger charge is 2.01. The minimum atomic E-state index is -0.824. The summed E-state index contributed by atoms with van der Waals surface area (Å²) in [4.78, 5) is 18.7. The molecule has 1 aromatic carbocycles. The molecule has 1 unspecified atom stereocenters. The molecule has 10 heavy (non-hydrogen) atoms. The smallest absolute Gasteiger partial charge is 0.316 e. The number of aliphatic carboxylic acids is 1. The first-order valence-corrected chi connectivity index (χ1v) is 3.54. The largest absolute Gasteiger partial charge is 0.480 e. The molecular weight excluding hydrogens is 200 g/mol. The number of hydrogen-bond donors (Lipinski definition) is 1. The Bertz CT molecular complexity index is 198. The first-order chi connectivity index (χ1) is 4.54. The van der Waals surface area contributed by atoms with Crippen LogP contribution in [0.5, 0.6) is 0 Å². The second kappa shape index (κ2) is 4.22. The van der Waals surface area contributed by atoms with E-state index in [2.05, 4.69) is 15.9 Å². The van der Waals surface area contributed by atoms with Crippen molar-refractivity contribution in [2.45, 2.75) is 11.8 Å². The molecule has 1 rings (SSSR count). The van der Waals surface area contributed by atoms with E-state index in [-0.39, 0.29) is 5.43 Å². The van der Waals surface area contributed by atoms with Crippen molar-refractivity contribution in [3.63, 3.8) is 0 Å². The highest BCUT2D eigenvalue weighted by molar-refractivity contribution is 9.10. The van der Waals surface area contributed by atoms with Crippen molar-refractivity contribution < 1.29 is 9.90 Å². The van der Waals surface area contributed by atoms with Gasteiger partial charge in [-0.2, -0.15) is 0 Å². The lowest BCUT2D eigenvalue weighted by molar-refractivity contribution is -0.135. The van der Waals surface area contributed by atoms with Gasteiger partial charge in [-0.15, -0.1) is 0 Å². The number of carboxylic acid groups (broad SMARTS) is 1. The van der Waals surface area contributed by atoms with Crippen molar-refractivity contribution in [3.8, 4) is 0 Å². The Morgan fingerprint density at radius 2 is 1.90 bits per heavy atom. The van der Waals surface area contributed by atoms with Crippen LogP contribution in [0.25, 0.3) is 0 Å². The summed E-state index contributed by atoms with van der Waals surface area (Å²) in [6.45, 7) is 1.56. The van der Waals surface area contributed by atoms with Crippen LogP contribution in [0.4, 0.5) is 0 Å². The van der Waals surface area contributed by atoms with Crippen LogP contribution in [-0.4, -0.2) is 15.9 Å². The SMILES string of the molecule is CC(Br)C(=O)O.O=c1cc1. The molecule has 0 saturated heterocycles. The molecule has 0 spiro atoms. The zero-order valence-corrected chi connectivity index (χ0v) is 6.96. The summed E-state index contributed by atoms with van der Waals surface area (Å²) in [5.74, 6) is -0.824. The molecule has 0 amide bonds. The Morgan fingerprint density at radius 3 is 1.90 bits per heavy atom. The van der Waals surface area contributed by atoms with Crippen LogP contribution < -0.4 is 5.43 Å². The third-order valence-corrected chi connectivity index (χ3v) is 1.03. The van der Waals surface area contributed by atoms with Gasteiger partial charge in [0.1, 0.15) is 4.83 Å². The van der Waals surface area contributed by atoms with Crippen molar-refractivity contribution >= 4 is 21.9 Å². The molecule has 0 aromatic heterocycles. The van der Waals surface area contributed by atoms with Crippen molar-refractivity contribution in [1.29, 1.82) is 0 Å². The lowest BCUT2D eigenvalue weighted by Gasteiger charge is -1.87. The Balaban J connectivity index is 0.000000172. The highest BCUT2D eigenvalue weighted by atomic mass is 79.9. The average molecular weight is 207 g/mol. The van der Waals surface area contributed by atoms with Gasteiger partial charge in [-0.05, 0) is 19.1 Å². The second-order valence-corrected chi connectivity index (χ2v) is 3.06. The average Bonchev–Trinajstić information content (AvgIpc) is 2.52. The van der Waals surface area contributed by atoms with Crippen LogP contribution >= 0.6 is 15.9 Å². The van der Waals surface area contributed by atoms with Gasteiger partial charge in [-0.3, -0.25) is 9.59 Å². The number of rotatable bonds is 1. The van der Waals surface area contributed by atoms with Gasteiger partial charge >= 0.3 is 5.97 Å². The van der Waals surface area contributed by atoms with E-state index < -0.39 is 10.8 Å². The number of hydrogen-bond acceptors (Lipinski definition) is 2. The zero-order chi connectivity index (χ0) is 8.15. The predicted molar refractivity (Wildman–Crippen MR) is 41.1 cm³/mol. The van der Waals surface area contributed by atoms with Gasteiger partial charge in [0.15, 0.2) is 5.43 Å². The summed E-state index contributed by atoms with van der Waals surface area (Å²) in [5.41, 5.74) is 0.167. The van der Waals surface area contributed by atoms with E-state index >= 15 is 0 Å². The summed E-state index contributed by atoms with van der Waals surface area (Å²) >= 11 is 2.84. The van der Waals surface area contributed by atoms with Crippen LogP contribution in [-0.2, 0) is 4.79 Å². The third kappa shape index (κ3) is 7.36. The van der Waals surface area contributed by atoms with Gasteiger partial charge in [0.05, 0.1) is 0 Å². The lowest BCUT2D eigenvalue weighted by atomic mass is 10.5. The topological polar surface area (TPSA) is 54.4 Å². The van der Waals surface area contributed by atoms with Crippen molar-refractivity contribution in [2.75, 3.05) is 0 Å². The fraction of sp³-hybridized carbons (Fsp3) is 0.333. The monoisotopic (exact) mass is 206 g/mol. The highest BCUT2D eigenvalue weighted by Crippen LogP contribution is 1.93. The molecule has 56 valence electrons. The van der Waals surface area contributed by atoms with E-state index in [9.17, 15) is 9.59 Å². The molecule has 0 aliphatic carbocycles. The molecular formula is C6H7BrO3. The van der Waals surface area contributed by atoms with Crippen LogP contribution in [0.2, 0.25) is 0 Å². The molecule has 3 nitrogen and oxygen atoms in total. The molecule has 0 heterocycles. The second-order valence-electron chi connectivity index (χ2n) is 1.69. The molecule has 0 bridgehead atoms. The lowest BCUT2D eigenvalue weighted by Crippen LogP contribution is -2.06. The van der Waals surface area contributed by atoms with E-state index in [0.29, 0.717) is 0 Å². The molecule has 1 atom stereocenters.